The Bertz CT molecular complexity index is 519. The van der Waals surface area contributed by atoms with Crippen molar-refractivity contribution in [3.63, 3.8) is 0 Å². The average molecular weight is 266 g/mol. The van der Waals surface area contributed by atoms with Crippen LogP contribution < -0.4 is 0 Å². The Morgan fingerprint density at radius 3 is 2.89 bits per heavy atom. The third-order valence-corrected chi connectivity index (χ3v) is 3.29. The van der Waals surface area contributed by atoms with Crippen molar-refractivity contribution in [3.05, 3.63) is 23.7 Å². The standard InChI is InChI=1S/C14H20ClN3/c1-3-4-5-8-18-13(6-7-15)17-12-9-11(2)10-16-14(12)18/h9-10H,3-8H2,1-2H3. The summed E-state index contributed by atoms with van der Waals surface area (Å²) in [5.41, 5.74) is 3.14. The number of aryl methyl sites for hydroxylation is 3. The summed E-state index contributed by atoms with van der Waals surface area (Å²) in [7, 11) is 0. The van der Waals surface area contributed by atoms with Gasteiger partial charge in [0.2, 0.25) is 0 Å². The minimum atomic E-state index is 0.607. The van der Waals surface area contributed by atoms with Gasteiger partial charge in [0.05, 0.1) is 0 Å². The third-order valence-electron chi connectivity index (χ3n) is 3.10. The average Bonchev–Trinajstić information content (AvgIpc) is 2.67. The van der Waals surface area contributed by atoms with E-state index in [1.165, 1.54) is 19.3 Å². The van der Waals surface area contributed by atoms with Crippen LogP contribution in [0.2, 0.25) is 0 Å². The van der Waals surface area contributed by atoms with Gasteiger partial charge in [0.15, 0.2) is 5.65 Å². The van der Waals surface area contributed by atoms with E-state index in [0.29, 0.717) is 5.88 Å². The fourth-order valence-electron chi connectivity index (χ4n) is 2.19. The SMILES string of the molecule is CCCCCn1c(CCCl)nc2cc(C)cnc21. The van der Waals surface area contributed by atoms with E-state index < -0.39 is 0 Å². The molecule has 3 nitrogen and oxygen atoms in total. The smallest absolute Gasteiger partial charge is 0.160 e. The molecule has 2 heterocycles. The Morgan fingerprint density at radius 1 is 1.33 bits per heavy atom. The summed E-state index contributed by atoms with van der Waals surface area (Å²) in [6, 6.07) is 2.09. The van der Waals surface area contributed by atoms with Crippen molar-refractivity contribution in [2.45, 2.75) is 46.1 Å². The van der Waals surface area contributed by atoms with Crippen LogP contribution in [0.4, 0.5) is 0 Å². The first-order valence-electron chi connectivity index (χ1n) is 6.64. The summed E-state index contributed by atoms with van der Waals surface area (Å²) in [6.07, 6.45) is 6.36. The second-order valence-electron chi connectivity index (χ2n) is 4.68. The van der Waals surface area contributed by atoms with Crippen LogP contribution in [0.3, 0.4) is 0 Å². The lowest BCUT2D eigenvalue weighted by Gasteiger charge is -2.07. The zero-order valence-electron chi connectivity index (χ0n) is 11.1. The molecular formula is C14H20ClN3. The number of fused-ring (bicyclic) bond motifs is 1. The minimum Gasteiger partial charge on any atom is -0.313 e. The van der Waals surface area contributed by atoms with E-state index in [2.05, 4.69) is 27.5 Å². The van der Waals surface area contributed by atoms with Gasteiger partial charge in [0, 0.05) is 25.0 Å². The van der Waals surface area contributed by atoms with E-state index in [-0.39, 0.29) is 0 Å². The number of rotatable bonds is 6. The Morgan fingerprint density at radius 2 is 2.17 bits per heavy atom. The molecule has 0 saturated heterocycles. The summed E-state index contributed by atoms with van der Waals surface area (Å²) in [6.45, 7) is 5.25. The molecule has 0 radical (unpaired) electrons. The van der Waals surface area contributed by atoms with E-state index in [9.17, 15) is 0 Å². The molecule has 0 atom stereocenters. The molecular weight excluding hydrogens is 246 g/mol. The van der Waals surface area contributed by atoms with Crippen LogP contribution in [0.1, 0.15) is 37.6 Å². The van der Waals surface area contributed by atoms with Crippen LogP contribution in [-0.4, -0.2) is 20.4 Å². The number of unbranched alkanes of at least 4 members (excludes halogenated alkanes) is 2. The van der Waals surface area contributed by atoms with Crippen LogP contribution in [0.15, 0.2) is 12.3 Å². The molecule has 0 aliphatic heterocycles. The van der Waals surface area contributed by atoms with Crippen LogP contribution in [0.25, 0.3) is 11.2 Å². The molecule has 0 N–H and O–H groups in total. The molecule has 0 fully saturated rings. The van der Waals surface area contributed by atoms with Gasteiger partial charge in [-0.05, 0) is 25.0 Å². The normalized spacial score (nSPS) is 11.3. The zero-order chi connectivity index (χ0) is 13.0. The van der Waals surface area contributed by atoms with Gasteiger partial charge in [0.1, 0.15) is 11.3 Å². The quantitative estimate of drug-likeness (QED) is 0.589. The second kappa shape index (κ2) is 6.19. The number of alkyl halides is 1. The van der Waals surface area contributed by atoms with E-state index in [0.717, 1.165) is 35.5 Å². The summed E-state index contributed by atoms with van der Waals surface area (Å²) in [4.78, 5) is 9.18. The maximum atomic E-state index is 5.85. The fraction of sp³-hybridized carbons (Fsp3) is 0.571. The van der Waals surface area contributed by atoms with Crippen molar-refractivity contribution >= 4 is 22.8 Å². The molecule has 2 rings (SSSR count). The van der Waals surface area contributed by atoms with Crippen LogP contribution in [-0.2, 0) is 13.0 Å². The van der Waals surface area contributed by atoms with Gasteiger partial charge in [0.25, 0.3) is 0 Å². The van der Waals surface area contributed by atoms with Gasteiger partial charge in [-0.15, -0.1) is 11.6 Å². The number of nitrogens with zero attached hydrogens (tertiary/aromatic N) is 3. The molecule has 18 heavy (non-hydrogen) atoms. The highest BCUT2D eigenvalue weighted by atomic mass is 35.5. The monoisotopic (exact) mass is 265 g/mol. The number of hydrogen-bond acceptors (Lipinski definition) is 2. The Labute approximate surface area is 113 Å². The first kappa shape index (κ1) is 13.3. The predicted octanol–water partition coefficient (Wildman–Crippen LogP) is 3.71. The minimum absolute atomic E-state index is 0.607. The first-order valence-corrected chi connectivity index (χ1v) is 7.17. The van der Waals surface area contributed by atoms with Gasteiger partial charge in [-0.1, -0.05) is 19.8 Å². The van der Waals surface area contributed by atoms with Gasteiger partial charge >= 0.3 is 0 Å². The van der Waals surface area contributed by atoms with Crippen LogP contribution >= 0.6 is 11.6 Å². The van der Waals surface area contributed by atoms with Crippen LogP contribution in [0, 0.1) is 6.92 Å². The summed E-state index contributed by atoms with van der Waals surface area (Å²) in [5, 5.41) is 0. The van der Waals surface area contributed by atoms with Gasteiger partial charge in [-0.25, -0.2) is 9.97 Å². The molecule has 0 aliphatic rings. The van der Waals surface area contributed by atoms with E-state index >= 15 is 0 Å². The number of imidazole rings is 1. The molecule has 0 bridgehead atoms. The fourth-order valence-corrected chi connectivity index (χ4v) is 2.36. The molecule has 0 saturated carbocycles. The lowest BCUT2D eigenvalue weighted by molar-refractivity contribution is 0.591. The number of halogens is 1. The summed E-state index contributed by atoms with van der Waals surface area (Å²) < 4.78 is 2.23. The largest absolute Gasteiger partial charge is 0.313 e. The van der Waals surface area contributed by atoms with Crippen molar-refractivity contribution in [2.24, 2.45) is 0 Å². The lowest BCUT2D eigenvalue weighted by Crippen LogP contribution is -2.05. The van der Waals surface area contributed by atoms with Crippen LogP contribution in [0.5, 0.6) is 0 Å². The number of pyridine rings is 1. The molecule has 0 aliphatic carbocycles. The molecule has 2 aromatic heterocycles. The zero-order valence-corrected chi connectivity index (χ0v) is 11.9. The van der Waals surface area contributed by atoms with Gasteiger partial charge < -0.3 is 4.57 Å². The highest BCUT2D eigenvalue weighted by Gasteiger charge is 2.11. The molecule has 98 valence electrons. The molecule has 4 heteroatoms. The van der Waals surface area contributed by atoms with E-state index in [1.807, 2.05) is 13.1 Å². The highest BCUT2D eigenvalue weighted by Crippen LogP contribution is 2.17. The van der Waals surface area contributed by atoms with E-state index in [4.69, 9.17) is 11.6 Å². The van der Waals surface area contributed by atoms with Crippen molar-refractivity contribution in [1.82, 2.24) is 14.5 Å². The number of hydrogen-bond donors (Lipinski definition) is 0. The van der Waals surface area contributed by atoms with Crippen molar-refractivity contribution in [3.8, 4) is 0 Å². The maximum absolute atomic E-state index is 5.85. The Balaban J connectivity index is 2.35. The van der Waals surface area contributed by atoms with E-state index in [1.54, 1.807) is 0 Å². The molecule has 0 spiro atoms. The molecule has 0 aromatic carbocycles. The summed E-state index contributed by atoms with van der Waals surface area (Å²) in [5.74, 6) is 1.67. The lowest BCUT2D eigenvalue weighted by atomic mass is 10.2. The predicted molar refractivity (Wildman–Crippen MR) is 76.2 cm³/mol. The van der Waals surface area contributed by atoms with Crippen molar-refractivity contribution in [1.29, 1.82) is 0 Å². The molecule has 2 aromatic rings. The number of aromatic nitrogens is 3. The Hall–Kier alpha value is -1.09. The van der Waals surface area contributed by atoms with Gasteiger partial charge in [-0.2, -0.15) is 0 Å². The summed E-state index contributed by atoms with van der Waals surface area (Å²) >= 11 is 5.85. The topological polar surface area (TPSA) is 30.7 Å². The Kier molecular flexibility index (Phi) is 4.59. The molecule has 0 amide bonds. The van der Waals surface area contributed by atoms with Crippen molar-refractivity contribution in [2.75, 3.05) is 5.88 Å². The second-order valence-corrected chi connectivity index (χ2v) is 5.06. The first-order chi connectivity index (χ1) is 8.76. The molecule has 0 unspecified atom stereocenters. The maximum Gasteiger partial charge on any atom is 0.160 e. The van der Waals surface area contributed by atoms with Crippen molar-refractivity contribution < 1.29 is 0 Å². The highest BCUT2D eigenvalue weighted by molar-refractivity contribution is 6.17. The third kappa shape index (κ3) is 2.83. The van der Waals surface area contributed by atoms with Gasteiger partial charge in [-0.3, -0.25) is 0 Å².